The molecule has 0 aliphatic carbocycles. The van der Waals surface area contributed by atoms with E-state index in [1.165, 1.54) is 18.2 Å². The van der Waals surface area contributed by atoms with Crippen LogP contribution in [0.15, 0.2) is 24.3 Å². The topological polar surface area (TPSA) is 61.7 Å². The Morgan fingerprint density at radius 2 is 2.00 bits per heavy atom. The van der Waals surface area contributed by atoms with Crippen LogP contribution in [0.25, 0.3) is 0 Å². The maximum atomic E-state index is 13.1. The predicted molar refractivity (Wildman–Crippen MR) is 62.8 cm³/mol. The molecule has 0 aromatic heterocycles. The zero-order valence-corrected chi connectivity index (χ0v) is 10.2. The van der Waals surface area contributed by atoms with Gasteiger partial charge in [0.1, 0.15) is 19.3 Å². The van der Waals surface area contributed by atoms with Crippen LogP contribution >= 0.6 is 0 Å². The van der Waals surface area contributed by atoms with Gasteiger partial charge in [0.05, 0.1) is 6.54 Å². The second kappa shape index (κ2) is 7.32. The molecule has 1 aromatic rings. The van der Waals surface area contributed by atoms with E-state index >= 15 is 0 Å². The number of rotatable bonds is 8. The summed E-state index contributed by atoms with van der Waals surface area (Å²) in [5, 5.41) is 20.1. The first kappa shape index (κ1) is 15.7. The van der Waals surface area contributed by atoms with Crippen molar-refractivity contribution in [3.63, 3.8) is 0 Å². The Labute approximate surface area is 108 Å². The summed E-state index contributed by atoms with van der Waals surface area (Å²) in [6, 6.07) is 5.68. The molecule has 0 bridgehead atoms. The van der Waals surface area contributed by atoms with Gasteiger partial charge in [-0.1, -0.05) is 12.1 Å². The van der Waals surface area contributed by atoms with Gasteiger partial charge >= 0.3 is 0 Å². The molecule has 108 valence electrons. The molecule has 0 saturated carbocycles. The minimum Gasteiger partial charge on any atom is -0.488 e. The van der Waals surface area contributed by atoms with Gasteiger partial charge in [0.15, 0.2) is 11.6 Å². The van der Waals surface area contributed by atoms with Crippen molar-refractivity contribution in [2.45, 2.75) is 12.0 Å². The first-order chi connectivity index (χ1) is 8.94. The maximum absolute atomic E-state index is 13.1. The molecule has 0 aliphatic rings. The molecule has 1 rings (SSSR count). The predicted octanol–water partition coefficient (Wildman–Crippen LogP) is 0.783. The van der Waals surface area contributed by atoms with Gasteiger partial charge in [0, 0.05) is 6.54 Å². The van der Waals surface area contributed by atoms with Crippen molar-refractivity contribution in [1.29, 1.82) is 0 Å². The fourth-order valence-electron chi connectivity index (χ4n) is 1.28. The van der Waals surface area contributed by atoms with Crippen LogP contribution < -0.4 is 10.1 Å². The molecule has 0 spiro atoms. The Hall–Kier alpha value is -1.31. The summed E-state index contributed by atoms with van der Waals surface area (Å²) in [5.41, 5.74) is 0. The van der Waals surface area contributed by atoms with Crippen LogP contribution in [0.5, 0.6) is 5.75 Å². The van der Waals surface area contributed by atoms with E-state index in [-0.39, 0.29) is 18.9 Å². The fraction of sp³-hybridized carbons (Fsp3) is 0.500. The highest BCUT2D eigenvalue weighted by Gasteiger charge is 2.27. The van der Waals surface area contributed by atoms with E-state index in [4.69, 9.17) is 9.84 Å². The molecule has 0 amide bonds. The lowest BCUT2D eigenvalue weighted by atomic mass is 10.3. The quantitative estimate of drug-likeness (QED) is 0.658. The van der Waals surface area contributed by atoms with E-state index in [0.29, 0.717) is 0 Å². The van der Waals surface area contributed by atoms with E-state index in [9.17, 15) is 18.3 Å². The average molecular weight is 279 g/mol. The van der Waals surface area contributed by atoms with E-state index in [1.807, 2.05) is 0 Å². The molecule has 0 radical (unpaired) electrons. The van der Waals surface area contributed by atoms with Gasteiger partial charge in [0.2, 0.25) is 0 Å². The van der Waals surface area contributed by atoms with E-state index < -0.39 is 31.0 Å². The first-order valence-electron chi connectivity index (χ1n) is 5.69. The largest absolute Gasteiger partial charge is 0.488 e. The van der Waals surface area contributed by atoms with E-state index in [2.05, 4.69) is 5.32 Å². The van der Waals surface area contributed by atoms with Gasteiger partial charge in [-0.2, -0.15) is 0 Å². The number of aliphatic hydroxyl groups is 2. The summed E-state index contributed by atoms with van der Waals surface area (Å²) in [5.74, 6) is -3.80. The summed E-state index contributed by atoms with van der Waals surface area (Å²) < 4.78 is 43.4. The number of nitrogens with one attached hydrogen (secondary N) is 1. The maximum Gasteiger partial charge on any atom is 0.282 e. The summed E-state index contributed by atoms with van der Waals surface area (Å²) in [7, 11) is 0. The Morgan fingerprint density at radius 3 is 2.63 bits per heavy atom. The minimum atomic E-state index is -3.23. The number of para-hydroxylation sites is 1. The van der Waals surface area contributed by atoms with Crippen molar-refractivity contribution in [2.24, 2.45) is 0 Å². The van der Waals surface area contributed by atoms with Gasteiger partial charge in [0.25, 0.3) is 5.92 Å². The Balaban J connectivity index is 2.25. The third kappa shape index (κ3) is 5.91. The van der Waals surface area contributed by atoms with E-state index in [0.717, 1.165) is 0 Å². The molecule has 1 atom stereocenters. The van der Waals surface area contributed by atoms with Crippen LogP contribution in [-0.2, 0) is 0 Å². The molecule has 19 heavy (non-hydrogen) atoms. The lowest BCUT2D eigenvalue weighted by Crippen LogP contribution is -2.40. The molecule has 0 heterocycles. The molecule has 0 aliphatic heterocycles. The van der Waals surface area contributed by atoms with Gasteiger partial charge in [-0.25, -0.2) is 13.2 Å². The highest BCUT2D eigenvalue weighted by atomic mass is 19.3. The summed E-state index contributed by atoms with van der Waals surface area (Å²) in [6.45, 7) is -2.38. The Bertz CT molecular complexity index is 390. The zero-order chi connectivity index (χ0) is 14.3. The number of hydrogen-bond acceptors (Lipinski definition) is 4. The monoisotopic (exact) mass is 279 g/mol. The summed E-state index contributed by atoms with van der Waals surface area (Å²) in [4.78, 5) is 0. The van der Waals surface area contributed by atoms with Crippen molar-refractivity contribution in [2.75, 3.05) is 26.3 Å². The number of aliphatic hydroxyl groups excluding tert-OH is 2. The highest BCUT2D eigenvalue weighted by molar-refractivity contribution is 5.23. The highest BCUT2D eigenvalue weighted by Crippen LogP contribution is 2.15. The molecule has 7 heteroatoms. The van der Waals surface area contributed by atoms with Crippen molar-refractivity contribution >= 4 is 0 Å². The van der Waals surface area contributed by atoms with Crippen molar-refractivity contribution in [3.8, 4) is 5.75 Å². The number of benzene rings is 1. The van der Waals surface area contributed by atoms with Gasteiger partial charge < -0.3 is 20.3 Å². The lowest BCUT2D eigenvalue weighted by molar-refractivity contribution is -0.0493. The third-order valence-electron chi connectivity index (χ3n) is 2.26. The Morgan fingerprint density at radius 1 is 1.32 bits per heavy atom. The van der Waals surface area contributed by atoms with Crippen molar-refractivity contribution in [1.82, 2.24) is 5.32 Å². The van der Waals surface area contributed by atoms with Crippen LogP contribution in [0.3, 0.4) is 0 Å². The van der Waals surface area contributed by atoms with Crippen LogP contribution in [0, 0.1) is 5.82 Å². The van der Waals surface area contributed by atoms with Crippen LogP contribution in [0.1, 0.15) is 0 Å². The van der Waals surface area contributed by atoms with Crippen LogP contribution in [0.2, 0.25) is 0 Å². The number of halogens is 3. The minimum absolute atomic E-state index is 0.0118. The third-order valence-corrected chi connectivity index (χ3v) is 2.26. The number of hydrogen-bond donors (Lipinski definition) is 3. The van der Waals surface area contributed by atoms with Crippen molar-refractivity contribution in [3.05, 3.63) is 30.1 Å². The molecule has 0 saturated heterocycles. The Kier molecular flexibility index (Phi) is 6.07. The standard InChI is InChI=1S/C12H16F3NO3/c13-10-3-1-2-4-11(10)19-6-9(18)5-16-7-12(14,15)8-17/h1-4,9,16-18H,5-8H2. The van der Waals surface area contributed by atoms with Crippen LogP contribution in [-0.4, -0.2) is 48.5 Å². The second-order valence-electron chi connectivity index (χ2n) is 4.04. The molecule has 0 fully saturated rings. The van der Waals surface area contributed by atoms with Gasteiger partial charge in [-0.15, -0.1) is 0 Å². The van der Waals surface area contributed by atoms with Gasteiger partial charge in [-0.05, 0) is 12.1 Å². The van der Waals surface area contributed by atoms with Gasteiger partial charge in [-0.3, -0.25) is 0 Å². The summed E-state index contributed by atoms with van der Waals surface area (Å²) in [6.07, 6.45) is -1.06. The summed E-state index contributed by atoms with van der Waals surface area (Å²) >= 11 is 0. The molecule has 4 nitrogen and oxygen atoms in total. The second-order valence-corrected chi connectivity index (χ2v) is 4.04. The average Bonchev–Trinajstić information content (AvgIpc) is 2.37. The normalized spacial score (nSPS) is 13.3. The molecule has 1 unspecified atom stereocenters. The molecule has 1 aromatic carbocycles. The smallest absolute Gasteiger partial charge is 0.282 e. The molecular formula is C12H16F3NO3. The fourth-order valence-corrected chi connectivity index (χ4v) is 1.28. The zero-order valence-electron chi connectivity index (χ0n) is 10.2. The lowest BCUT2D eigenvalue weighted by Gasteiger charge is -2.17. The first-order valence-corrected chi connectivity index (χ1v) is 5.69. The van der Waals surface area contributed by atoms with E-state index in [1.54, 1.807) is 6.07 Å². The number of ether oxygens (including phenoxy) is 1. The SMILES string of the molecule is OCC(F)(F)CNCC(O)COc1ccccc1F. The van der Waals surface area contributed by atoms with Crippen LogP contribution in [0.4, 0.5) is 13.2 Å². The molecular weight excluding hydrogens is 263 g/mol. The number of alkyl halides is 2. The van der Waals surface area contributed by atoms with Crippen molar-refractivity contribution < 1.29 is 28.1 Å². The molecule has 3 N–H and O–H groups in total.